The van der Waals surface area contributed by atoms with E-state index in [9.17, 15) is 18.0 Å². The van der Waals surface area contributed by atoms with Crippen molar-refractivity contribution < 1.29 is 22.7 Å². The van der Waals surface area contributed by atoms with E-state index in [1.807, 2.05) is 37.3 Å². The predicted molar refractivity (Wildman–Crippen MR) is 146 cm³/mol. The van der Waals surface area contributed by atoms with Crippen LogP contribution in [0.3, 0.4) is 0 Å². The van der Waals surface area contributed by atoms with Gasteiger partial charge in [-0.1, -0.05) is 49.6 Å². The third-order valence-corrected chi connectivity index (χ3v) is 7.86. The number of nitrogens with one attached hydrogen (secondary N) is 1. The number of hydrogen-bond acceptors (Lipinski definition) is 5. The van der Waals surface area contributed by atoms with Crippen LogP contribution in [-0.4, -0.2) is 63.2 Å². The van der Waals surface area contributed by atoms with Gasteiger partial charge in [0.1, 0.15) is 18.3 Å². The summed E-state index contributed by atoms with van der Waals surface area (Å²) in [5, 5.41) is 3.11. The molecule has 0 spiro atoms. The second-order valence-corrected chi connectivity index (χ2v) is 11.4. The summed E-state index contributed by atoms with van der Waals surface area (Å²) in [6, 6.07) is 15.7. The van der Waals surface area contributed by atoms with Crippen molar-refractivity contribution in [3.05, 3.63) is 60.2 Å². The van der Waals surface area contributed by atoms with Crippen LogP contribution in [0.1, 0.15) is 51.5 Å². The molecule has 3 rings (SSSR count). The second-order valence-electron chi connectivity index (χ2n) is 9.54. The molecule has 2 aromatic carbocycles. The Bertz CT molecular complexity index is 1120. The molecule has 2 aromatic rings. The molecular formula is C28H39N3O5S. The van der Waals surface area contributed by atoms with Crippen LogP contribution >= 0.6 is 0 Å². The van der Waals surface area contributed by atoms with E-state index >= 15 is 0 Å². The molecule has 1 saturated carbocycles. The Morgan fingerprint density at radius 3 is 2.27 bits per heavy atom. The maximum Gasteiger partial charge on any atom is 0.244 e. The largest absolute Gasteiger partial charge is 0.494 e. The number of rotatable bonds is 12. The lowest BCUT2D eigenvalue weighted by Gasteiger charge is -2.33. The maximum absolute atomic E-state index is 13.6. The van der Waals surface area contributed by atoms with Crippen LogP contribution in [-0.2, 0) is 26.0 Å². The first-order chi connectivity index (χ1) is 17.7. The van der Waals surface area contributed by atoms with Crippen molar-refractivity contribution in [3.63, 3.8) is 0 Å². The van der Waals surface area contributed by atoms with E-state index in [0.29, 0.717) is 31.0 Å². The molecule has 37 heavy (non-hydrogen) atoms. The fraction of sp³-hybridized carbons (Fsp3) is 0.500. The summed E-state index contributed by atoms with van der Waals surface area (Å²) in [7, 11) is -3.76. The fourth-order valence-electron chi connectivity index (χ4n) is 4.63. The molecule has 0 heterocycles. The first-order valence-electron chi connectivity index (χ1n) is 13.0. The van der Waals surface area contributed by atoms with E-state index in [4.69, 9.17) is 4.74 Å². The molecule has 1 unspecified atom stereocenters. The van der Waals surface area contributed by atoms with Crippen LogP contribution in [0.15, 0.2) is 54.6 Å². The van der Waals surface area contributed by atoms with Gasteiger partial charge in [-0.15, -0.1) is 0 Å². The zero-order valence-corrected chi connectivity index (χ0v) is 22.9. The van der Waals surface area contributed by atoms with Gasteiger partial charge >= 0.3 is 0 Å². The van der Waals surface area contributed by atoms with Crippen molar-refractivity contribution in [1.82, 2.24) is 10.2 Å². The van der Waals surface area contributed by atoms with Crippen molar-refractivity contribution in [2.75, 3.05) is 30.3 Å². The number of amides is 2. The highest BCUT2D eigenvalue weighted by Gasteiger charge is 2.30. The zero-order chi connectivity index (χ0) is 26.8. The second kappa shape index (κ2) is 13.5. The Morgan fingerprint density at radius 1 is 1.03 bits per heavy atom. The standard InChI is InChI=1S/C28H39N3O5S/c1-4-36-26-17-15-25(16-18-26)31(37(3,34)35)21-27(32)30(20-19-23-11-7-5-8-12-23)22(2)28(33)29-24-13-9-6-10-14-24/h5,7-8,11-12,15-18,22,24H,4,6,9-10,13-14,19-21H2,1-3H3,(H,29,33). The van der Waals surface area contributed by atoms with Crippen molar-refractivity contribution in [2.45, 2.75) is 64.5 Å². The first-order valence-corrected chi connectivity index (χ1v) is 14.9. The van der Waals surface area contributed by atoms with Gasteiger partial charge in [0.15, 0.2) is 0 Å². The SMILES string of the molecule is CCOc1ccc(N(CC(=O)N(CCc2ccccc2)C(C)C(=O)NC2CCCCC2)S(C)(=O)=O)cc1. The number of sulfonamides is 1. The van der Waals surface area contributed by atoms with Crippen molar-refractivity contribution in [1.29, 1.82) is 0 Å². The van der Waals surface area contributed by atoms with Gasteiger partial charge in [-0.2, -0.15) is 0 Å². The summed E-state index contributed by atoms with van der Waals surface area (Å²) in [4.78, 5) is 28.3. The lowest BCUT2D eigenvalue weighted by atomic mass is 9.95. The van der Waals surface area contributed by atoms with Crippen molar-refractivity contribution >= 4 is 27.5 Å². The number of anilines is 1. The minimum atomic E-state index is -3.76. The summed E-state index contributed by atoms with van der Waals surface area (Å²) in [5.41, 5.74) is 1.40. The van der Waals surface area contributed by atoms with Crippen LogP contribution in [0.5, 0.6) is 5.75 Å². The van der Waals surface area contributed by atoms with E-state index in [-0.39, 0.29) is 11.9 Å². The molecular weight excluding hydrogens is 490 g/mol. The molecule has 202 valence electrons. The van der Waals surface area contributed by atoms with Gasteiger partial charge in [0, 0.05) is 12.6 Å². The molecule has 0 aromatic heterocycles. The van der Waals surface area contributed by atoms with Gasteiger partial charge in [0.25, 0.3) is 0 Å². The highest BCUT2D eigenvalue weighted by atomic mass is 32.2. The highest BCUT2D eigenvalue weighted by Crippen LogP contribution is 2.23. The molecule has 9 heteroatoms. The molecule has 8 nitrogen and oxygen atoms in total. The van der Waals surface area contributed by atoms with Gasteiger partial charge in [0.2, 0.25) is 21.8 Å². The molecule has 1 aliphatic rings. The summed E-state index contributed by atoms with van der Waals surface area (Å²) < 4.78 is 31.9. The number of hydrogen-bond donors (Lipinski definition) is 1. The third kappa shape index (κ3) is 8.49. The number of ether oxygens (including phenoxy) is 1. The number of nitrogens with zero attached hydrogens (tertiary/aromatic N) is 2. The predicted octanol–water partition coefficient (Wildman–Crippen LogP) is 3.76. The van der Waals surface area contributed by atoms with Crippen LogP contribution in [0, 0.1) is 0 Å². The van der Waals surface area contributed by atoms with E-state index in [0.717, 1.165) is 41.8 Å². The molecule has 1 N–H and O–H groups in total. The van der Waals surface area contributed by atoms with Crippen molar-refractivity contribution in [3.8, 4) is 5.75 Å². The minimum absolute atomic E-state index is 0.117. The summed E-state index contributed by atoms with van der Waals surface area (Å²) in [5.74, 6) is -0.0228. The molecule has 0 radical (unpaired) electrons. The molecule has 1 aliphatic carbocycles. The summed E-state index contributed by atoms with van der Waals surface area (Å²) in [6.45, 7) is 3.96. The zero-order valence-electron chi connectivity index (χ0n) is 22.1. The molecule has 0 aliphatic heterocycles. The Balaban J connectivity index is 1.80. The quantitative estimate of drug-likeness (QED) is 0.452. The van der Waals surface area contributed by atoms with Crippen LogP contribution < -0.4 is 14.4 Å². The van der Waals surface area contributed by atoms with E-state index in [2.05, 4.69) is 5.32 Å². The van der Waals surface area contributed by atoms with E-state index in [1.54, 1.807) is 31.2 Å². The summed E-state index contributed by atoms with van der Waals surface area (Å²) >= 11 is 0. The molecule has 2 amide bonds. The first kappa shape index (κ1) is 28.5. The normalized spacial score (nSPS) is 15.0. The Labute approximate surface area is 221 Å². The average molecular weight is 530 g/mol. The van der Waals surface area contributed by atoms with E-state index < -0.39 is 28.5 Å². The van der Waals surface area contributed by atoms with Gasteiger partial charge in [-0.3, -0.25) is 13.9 Å². The Morgan fingerprint density at radius 2 is 1.68 bits per heavy atom. The molecule has 1 atom stereocenters. The number of carbonyl (C=O) groups excluding carboxylic acids is 2. The highest BCUT2D eigenvalue weighted by molar-refractivity contribution is 7.92. The minimum Gasteiger partial charge on any atom is -0.494 e. The van der Waals surface area contributed by atoms with E-state index in [1.165, 1.54) is 11.3 Å². The lowest BCUT2D eigenvalue weighted by molar-refractivity contribution is -0.139. The van der Waals surface area contributed by atoms with Crippen LogP contribution in [0.2, 0.25) is 0 Å². The van der Waals surface area contributed by atoms with Crippen LogP contribution in [0.4, 0.5) is 5.69 Å². The Hall–Kier alpha value is -3.07. The molecule has 1 fully saturated rings. The van der Waals surface area contributed by atoms with Crippen LogP contribution in [0.25, 0.3) is 0 Å². The Kier molecular flexibility index (Phi) is 10.4. The van der Waals surface area contributed by atoms with Gasteiger partial charge in [-0.05, 0) is 62.9 Å². The topological polar surface area (TPSA) is 96.0 Å². The monoisotopic (exact) mass is 529 g/mol. The smallest absolute Gasteiger partial charge is 0.244 e. The number of benzene rings is 2. The molecule has 0 saturated heterocycles. The summed E-state index contributed by atoms with van der Waals surface area (Å²) in [6.07, 6.45) is 6.85. The average Bonchev–Trinajstić information content (AvgIpc) is 2.88. The number of carbonyl (C=O) groups is 2. The third-order valence-electron chi connectivity index (χ3n) is 6.72. The van der Waals surface area contributed by atoms with Crippen molar-refractivity contribution in [2.24, 2.45) is 0 Å². The van der Waals surface area contributed by atoms with Gasteiger partial charge < -0.3 is 15.0 Å². The van der Waals surface area contributed by atoms with Gasteiger partial charge in [0.05, 0.1) is 18.6 Å². The molecule has 0 bridgehead atoms. The van der Waals surface area contributed by atoms with Gasteiger partial charge in [-0.25, -0.2) is 8.42 Å². The maximum atomic E-state index is 13.6. The lowest BCUT2D eigenvalue weighted by Crippen LogP contribution is -2.53. The fourth-order valence-corrected chi connectivity index (χ4v) is 5.48.